The monoisotopic (exact) mass is 278 g/mol. The number of esters is 1. The van der Waals surface area contributed by atoms with Gasteiger partial charge in [0.2, 0.25) is 0 Å². The maximum absolute atomic E-state index is 12.2. The van der Waals surface area contributed by atoms with Crippen molar-refractivity contribution in [2.45, 2.75) is 26.1 Å². The number of carbonyl (C=O) groups excluding carboxylic acids is 1. The molecule has 106 valence electrons. The minimum Gasteiger partial charge on any atom is -0.508 e. The van der Waals surface area contributed by atoms with E-state index in [1.165, 1.54) is 12.1 Å². The Morgan fingerprint density at radius 3 is 2.63 bits per heavy atom. The number of benzene rings is 1. The van der Waals surface area contributed by atoms with Crippen LogP contribution in [-0.2, 0) is 16.0 Å². The van der Waals surface area contributed by atoms with Crippen LogP contribution in [0, 0.1) is 0 Å². The Kier molecular flexibility index (Phi) is 5.02. The number of rotatable bonds is 5. The average Bonchev–Trinajstić information content (AvgIpc) is 2.26. The van der Waals surface area contributed by atoms with Crippen molar-refractivity contribution in [2.24, 2.45) is 0 Å². The van der Waals surface area contributed by atoms with Gasteiger partial charge in [0.05, 0.1) is 6.61 Å². The normalized spacial score (nSPS) is 11.2. The van der Waals surface area contributed by atoms with Crippen molar-refractivity contribution in [2.75, 3.05) is 6.61 Å². The number of phenols is 1. The van der Waals surface area contributed by atoms with Crippen molar-refractivity contribution in [3.63, 3.8) is 0 Å². The van der Waals surface area contributed by atoms with Gasteiger partial charge in [-0.15, -0.1) is 13.2 Å². The van der Waals surface area contributed by atoms with Crippen LogP contribution in [0.2, 0.25) is 0 Å². The Hall–Kier alpha value is -1.92. The molecular formula is C12H13F3O4. The highest BCUT2D eigenvalue weighted by Gasteiger charge is 2.32. The number of alkyl halides is 3. The molecule has 0 aliphatic heterocycles. The van der Waals surface area contributed by atoms with Gasteiger partial charge in [0.25, 0.3) is 0 Å². The third-order valence-corrected chi connectivity index (χ3v) is 2.22. The molecule has 0 atom stereocenters. The quantitative estimate of drug-likeness (QED) is 0.841. The Balaban J connectivity index is 2.83. The summed E-state index contributed by atoms with van der Waals surface area (Å²) in [6.45, 7) is 1.81. The largest absolute Gasteiger partial charge is 0.573 e. The Morgan fingerprint density at radius 2 is 2.05 bits per heavy atom. The van der Waals surface area contributed by atoms with Gasteiger partial charge in [-0.25, -0.2) is 0 Å². The van der Waals surface area contributed by atoms with E-state index in [0.29, 0.717) is 0 Å². The first kappa shape index (κ1) is 15.1. The van der Waals surface area contributed by atoms with Crippen LogP contribution in [-0.4, -0.2) is 24.0 Å². The molecule has 1 rings (SSSR count). The number of phenolic OH excluding ortho intramolecular Hbond substituents is 1. The van der Waals surface area contributed by atoms with Crippen molar-refractivity contribution in [3.8, 4) is 11.5 Å². The predicted octanol–water partition coefficient (Wildman–Crippen LogP) is 2.79. The molecule has 0 unspecified atom stereocenters. The van der Waals surface area contributed by atoms with Gasteiger partial charge in [-0.2, -0.15) is 0 Å². The third-order valence-electron chi connectivity index (χ3n) is 2.22. The van der Waals surface area contributed by atoms with Crippen LogP contribution in [0.3, 0.4) is 0 Å². The summed E-state index contributed by atoms with van der Waals surface area (Å²) in [6.07, 6.45) is -5.09. The highest BCUT2D eigenvalue weighted by atomic mass is 19.4. The van der Waals surface area contributed by atoms with Gasteiger partial charge < -0.3 is 14.6 Å². The van der Waals surface area contributed by atoms with Gasteiger partial charge in [-0.1, -0.05) is 6.07 Å². The molecule has 19 heavy (non-hydrogen) atoms. The highest BCUT2D eigenvalue weighted by molar-refractivity contribution is 5.70. The molecule has 0 amide bonds. The minimum atomic E-state index is -4.85. The molecule has 0 aliphatic carbocycles. The maximum Gasteiger partial charge on any atom is 0.573 e. The summed E-state index contributed by atoms with van der Waals surface area (Å²) in [5.41, 5.74) is -0.0760. The lowest BCUT2D eigenvalue weighted by atomic mass is 10.1. The molecule has 7 heteroatoms. The van der Waals surface area contributed by atoms with Gasteiger partial charge in [-0.05, 0) is 25.5 Å². The van der Waals surface area contributed by atoms with Crippen LogP contribution in [0.1, 0.15) is 18.9 Å². The summed E-state index contributed by atoms with van der Waals surface area (Å²) in [7, 11) is 0. The van der Waals surface area contributed by atoms with Crippen LogP contribution >= 0.6 is 0 Å². The maximum atomic E-state index is 12.2. The Bertz CT molecular complexity index is 443. The summed E-state index contributed by atoms with van der Waals surface area (Å²) in [4.78, 5) is 11.2. The predicted molar refractivity (Wildman–Crippen MR) is 59.7 cm³/mol. The fourth-order valence-electron chi connectivity index (χ4n) is 1.49. The molecule has 0 saturated heterocycles. The second-order valence-electron chi connectivity index (χ2n) is 3.61. The van der Waals surface area contributed by atoms with E-state index in [0.717, 1.165) is 6.07 Å². The number of carbonyl (C=O) groups is 1. The fourth-order valence-corrected chi connectivity index (χ4v) is 1.49. The molecular weight excluding hydrogens is 265 g/mol. The first-order valence-corrected chi connectivity index (χ1v) is 5.55. The number of hydrogen-bond donors (Lipinski definition) is 1. The van der Waals surface area contributed by atoms with Crippen molar-refractivity contribution >= 4 is 5.97 Å². The Labute approximate surface area is 107 Å². The van der Waals surface area contributed by atoms with Crippen LogP contribution < -0.4 is 4.74 Å². The standard InChI is InChI=1S/C12H13F3O4/c1-2-18-11(17)7-6-8-9(16)4-3-5-10(8)19-12(13,14)15/h3-5,16H,2,6-7H2,1H3. The van der Waals surface area contributed by atoms with Crippen molar-refractivity contribution in [1.82, 2.24) is 0 Å². The number of hydrogen-bond acceptors (Lipinski definition) is 4. The lowest BCUT2D eigenvalue weighted by Gasteiger charge is -2.14. The zero-order valence-electron chi connectivity index (χ0n) is 10.2. The van der Waals surface area contributed by atoms with Gasteiger partial charge in [-0.3, -0.25) is 4.79 Å². The zero-order chi connectivity index (χ0) is 14.5. The summed E-state index contributed by atoms with van der Waals surface area (Å²) in [5, 5.41) is 9.53. The highest BCUT2D eigenvalue weighted by Crippen LogP contribution is 2.32. The van der Waals surface area contributed by atoms with E-state index < -0.39 is 18.1 Å². The topological polar surface area (TPSA) is 55.8 Å². The number of halogens is 3. The number of ether oxygens (including phenoxy) is 2. The molecule has 1 N–H and O–H groups in total. The SMILES string of the molecule is CCOC(=O)CCc1c(O)cccc1OC(F)(F)F. The van der Waals surface area contributed by atoms with Crippen LogP contribution in [0.4, 0.5) is 13.2 Å². The third kappa shape index (κ3) is 5.07. The summed E-state index contributed by atoms with van der Waals surface area (Å²) in [6, 6.07) is 3.53. The lowest BCUT2D eigenvalue weighted by molar-refractivity contribution is -0.274. The minimum absolute atomic E-state index is 0.0760. The second-order valence-corrected chi connectivity index (χ2v) is 3.61. The van der Waals surface area contributed by atoms with E-state index in [1.807, 2.05) is 0 Å². The second kappa shape index (κ2) is 6.31. The van der Waals surface area contributed by atoms with Crippen molar-refractivity contribution in [1.29, 1.82) is 0 Å². The van der Waals surface area contributed by atoms with E-state index in [9.17, 15) is 23.1 Å². The first-order valence-electron chi connectivity index (χ1n) is 5.55. The summed E-state index contributed by atoms with van der Waals surface area (Å²) in [5.74, 6) is -1.42. The van der Waals surface area contributed by atoms with Crippen LogP contribution in [0.25, 0.3) is 0 Å². The molecule has 1 aromatic carbocycles. The van der Waals surface area contributed by atoms with Gasteiger partial charge in [0.15, 0.2) is 0 Å². The van der Waals surface area contributed by atoms with Crippen molar-refractivity contribution in [3.05, 3.63) is 23.8 Å². The smallest absolute Gasteiger partial charge is 0.508 e. The first-order chi connectivity index (χ1) is 8.83. The van der Waals surface area contributed by atoms with Gasteiger partial charge >= 0.3 is 12.3 Å². The molecule has 1 aromatic rings. The van der Waals surface area contributed by atoms with Gasteiger partial charge in [0.1, 0.15) is 11.5 Å². The zero-order valence-corrected chi connectivity index (χ0v) is 10.2. The molecule has 0 spiro atoms. The van der Waals surface area contributed by atoms with E-state index in [-0.39, 0.29) is 30.8 Å². The number of aromatic hydroxyl groups is 1. The lowest BCUT2D eigenvalue weighted by Crippen LogP contribution is -2.18. The van der Waals surface area contributed by atoms with Crippen LogP contribution in [0.5, 0.6) is 11.5 Å². The summed E-state index contributed by atoms with van der Waals surface area (Å²) < 4.78 is 45.0. The molecule has 0 aliphatic rings. The summed E-state index contributed by atoms with van der Waals surface area (Å²) >= 11 is 0. The average molecular weight is 278 g/mol. The molecule has 4 nitrogen and oxygen atoms in total. The van der Waals surface area contributed by atoms with E-state index in [2.05, 4.69) is 9.47 Å². The van der Waals surface area contributed by atoms with Crippen molar-refractivity contribution < 1.29 is 32.5 Å². The van der Waals surface area contributed by atoms with E-state index in [4.69, 9.17) is 0 Å². The van der Waals surface area contributed by atoms with Gasteiger partial charge in [0, 0.05) is 12.0 Å². The molecule has 0 heterocycles. The fraction of sp³-hybridized carbons (Fsp3) is 0.417. The molecule has 0 bridgehead atoms. The molecule has 0 fully saturated rings. The van der Waals surface area contributed by atoms with E-state index >= 15 is 0 Å². The molecule has 0 radical (unpaired) electrons. The Morgan fingerprint density at radius 1 is 1.37 bits per heavy atom. The molecule has 0 aromatic heterocycles. The van der Waals surface area contributed by atoms with Crippen LogP contribution in [0.15, 0.2) is 18.2 Å². The molecule has 0 saturated carbocycles. The van der Waals surface area contributed by atoms with E-state index in [1.54, 1.807) is 6.92 Å².